The van der Waals surface area contributed by atoms with Crippen LogP contribution in [0.5, 0.6) is 0 Å². The Balaban J connectivity index is 5.36. The number of unbranched alkanes of at least 4 members (excludes halogenated alkanes) is 25. The monoisotopic (exact) mass is 1390 g/mol. The lowest BCUT2D eigenvalue weighted by Gasteiger charge is -2.21. The Bertz CT molecular complexity index is 2250. The van der Waals surface area contributed by atoms with Gasteiger partial charge in [-0.3, -0.25) is 37.3 Å². The van der Waals surface area contributed by atoms with Gasteiger partial charge in [0.1, 0.15) is 19.3 Å². The predicted molar refractivity (Wildman–Crippen MR) is 390 cm³/mol. The number of rotatable bonds is 69. The summed E-state index contributed by atoms with van der Waals surface area (Å²) in [5.74, 6) is -2.30. The molecule has 0 aromatic carbocycles. The fourth-order valence-electron chi connectivity index (χ4n) is 9.50. The minimum absolute atomic E-state index is 0.0334. The molecule has 19 heteroatoms. The largest absolute Gasteiger partial charge is 0.472 e. The Morgan fingerprint density at radius 3 is 0.927 bits per heavy atom. The number of phosphoric ester groups is 2. The number of aliphatic hydroxyl groups excluding tert-OH is 1. The van der Waals surface area contributed by atoms with Gasteiger partial charge in [0.25, 0.3) is 0 Å². The Kier molecular flexibility index (Phi) is 66.1. The molecule has 0 spiro atoms. The average Bonchev–Trinajstić information content (AvgIpc) is 1.15. The van der Waals surface area contributed by atoms with Crippen LogP contribution < -0.4 is 0 Å². The van der Waals surface area contributed by atoms with E-state index in [-0.39, 0.29) is 25.7 Å². The molecule has 0 bridgehead atoms. The van der Waals surface area contributed by atoms with Crippen molar-refractivity contribution in [3.63, 3.8) is 0 Å². The number of allylic oxidation sites excluding steroid dienone is 18. The third-order valence-corrected chi connectivity index (χ3v) is 17.1. The zero-order valence-electron chi connectivity index (χ0n) is 60.0. The van der Waals surface area contributed by atoms with Crippen LogP contribution in [-0.2, 0) is 65.4 Å². The second kappa shape index (κ2) is 69.2. The highest BCUT2D eigenvalue weighted by molar-refractivity contribution is 7.47. The van der Waals surface area contributed by atoms with Crippen LogP contribution in [-0.4, -0.2) is 96.7 Å². The maximum atomic E-state index is 13.0. The summed E-state index contributed by atoms with van der Waals surface area (Å²) in [5, 5.41) is 10.6. The minimum Gasteiger partial charge on any atom is -0.462 e. The molecule has 5 unspecified atom stereocenters. The Morgan fingerprint density at radius 1 is 0.302 bits per heavy atom. The van der Waals surface area contributed by atoms with Crippen molar-refractivity contribution < 1.29 is 80.2 Å². The third-order valence-electron chi connectivity index (χ3n) is 15.2. The number of esters is 4. The van der Waals surface area contributed by atoms with Gasteiger partial charge in [0, 0.05) is 25.7 Å². The maximum Gasteiger partial charge on any atom is 0.472 e. The van der Waals surface area contributed by atoms with Crippen molar-refractivity contribution in [3.8, 4) is 0 Å². The van der Waals surface area contributed by atoms with Crippen LogP contribution in [0, 0.1) is 0 Å². The summed E-state index contributed by atoms with van der Waals surface area (Å²) in [6.07, 6.45) is 72.6. The molecule has 0 aromatic heterocycles. The fraction of sp³-hybridized carbons (Fsp3) is 0.714. The van der Waals surface area contributed by atoms with Crippen LogP contribution in [0.2, 0.25) is 0 Å². The smallest absolute Gasteiger partial charge is 0.462 e. The number of phosphoric acid groups is 2. The van der Waals surface area contributed by atoms with Gasteiger partial charge < -0.3 is 33.8 Å². The molecule has 0 aliphatic carbocycles. The Hall–Kier alpha value is -4.28. The summed E-state index contributed by atoms with van der Waals surface area (Å²) in [6, 6.07) is 0. The number of carbonyl (C=O) groups excluding carboxylic acids is 4. The van der Waals surface area contributed by atoms with Crippen LogP contribution in [0.3, 0.4) is 0 Å². The first-order chi connectivity index (χ1) is 46.7. The second-order valence-corrected chi connectivity index (χ2v) is 27.4. The lowest BCUT2D eigenvalue weighted by Crippen LogP contribution is -2.30. The van der Waals surface area contributed by atoms with Crippen LogP contribution in [0.1, 0.15) is 297 Å². The van der Waals surface area contributed by atoms with Gasteiger partial charge in [0.2, 0.25) is 0 Å². The SMILES string of the molecule is CC/C=C\C/C=C\C/C=C\C/C=C\C/C=C\C/C=C\CCC(=O)OCC(COP(=O)(O)OCC(O)COP(=O)(O)OCC(COC(=O)CCCCCCC/C=C\CCCCCCCC)OC(=O)CCCCCCC/C=C\CCCC)OC(=O)CCCCCCC/C=C\CCCC. The Labute approximate surface area is 581 Å². The molecule has 0 saturated heterocycles. The zero-order chi connectivity index (χ0) is 70.4. The van der Waals surface area contributed by atoms with E-state index >= 15 is 0 Å². The lowest BCUT2D eigenvalue weighted by atomic mass is 10.1. The van der Waals surface area contributed by atoms with Gasteiger partial charge in [-0.25, -0.2) is 9.13 Å². The molecule has 0 heterocycles. The first-order valence-electron chi connectivity index (χ1n) is 37.1. The molecular formula is C77H132O17P2. The van der Waals surface area contributed by atoms with E-state index in [9.17, 15) is 43.2 Å². The van der Waals surface area contributed by atoms with E-state index in [1.165, 1.54) is 64.2 Å². The average molecular weight is 1390 g/mol. The summed E-state index contributed by atoms with van der Waals surface area (Å²) in [4.78, 5) is 72.6. The molecule has 17 nitrogen and oxygen atoms in total. The van der Waals surface area contributed by atoms with E-state index < -0.39 is 97.5 Å². The van der Waals surface area contributed by atoms with Crippen molar-refractivity contribution in [1.29, 1.82) is 0 Å². The molecule has 0 amide bonds. The number of ether oxygens (including phenoxy) is 4. The standard InChI is InChI=1S/C77H132O17P2/c1-5-9-13-17-21-25-29-31-33-34-35-36-38-40-44-46-50-54-58-62-75(80)88-68-73(94-77(82)64-60-56-52-48-42-28-24-20-16-12-8-4)70-92-96(85,86)90-66-71(78)65-89-95(83,84)91-69-72(93-76(81)63-59-55-51-47-41-27-23-19-15-11-7-3)67-87-74(79)61-57-53-49-45-43-39-37-32-30-26-22-18-14-10-6-2/h9,13,19-21,23-25,31-33,35-37,40,44,50,54,71-73,78H,5-8,10-12,14-18,22,26-30,34,38-39,41-43,45-49,51-53,55-70H2,1-4H3,(H,83,84)(H,85,86)/b13-9-,23-19-,24-20-,25-21-,33-31-,36-35-,37-32-,44-40-,54-50-. The van der Waals surface area contributed by atoms with Crippen molar-refractivity contribution in [2.24, 2.45) is 0 Å². The molecule has 5 atom stereocenters. The van der Waals surface area contributed by atoms with E-state index in [4.69, 9.17) is 37.0 Å². The van der Waals surface area contributed by atoms with Crippen LogP contribution in [0.4, 0.5) is 0 Å². The number of carbonyl (C=O) groups is 4. The maximum absolute atomic E-state index is 13.0. The van der Waals surface area contributed by atoms with Crippen LogP contribution >= 0.6 is 15.6 Å². The van der Waals surface area contributed by atoms with Crippen molar-refractivity contribution >= 4 is 39.5 Å². The van der Waals surface area contributed by atoms with E-state index in [0.29, 0.717) is 32.1 Å². The summed E-state index contributed by atoms with van der Waals surface area (Å²) in [7, 11) is -9.96. The zero-order valence-corrected chi connectivity index (χ0v) is 61.8. The van der Waals surface area contributed by atoms with Gasteiger partial charge in [0.15, 0.2) is 12.2 Å². The highest BCUT2D eigenvalue weighted by atomic mass is 31.2. The van der Waals surface area contributed by atoms with Crippen LogP contribution in [0.25, 0.3) is 0 Å². The fourth-order valence-corrected chi connectivity index (χ4v) is 11.1. The summed E-state index contributed by atoms with van der Waals surface area (Å²) in [6.45, 7) is 4.55. The van der Waals surface area contributed by atoms with Gasteiger partial charge in [0.05, 0.1) is 26.4 Å². The van der Waals surface area contributed by atoms with Gasteiger partial charge in [-0.15, -0.1) is 0 Å². The molecule has 96 heavy (non-hydrogen) atoms. The van der Waals surface area contributed by atoms with Gasteiger partial charge in [-0.1, -0.05) is 253 Å². The summed E-state index contributed by atoms with van der Waals surface area (Å²) >= 11 is 0. The molecule has 0 aliphatic rings. The van der Waals surface area contributed by atoms with E-state index in [2.05, 4.69) is 119 Å². The highest BCUT2D eigenvalue weighted by Crippen LogP contribution is 2.45. The van der Waals surface area contributed by atoms with E-state index in [1.54, 1.807) is 0 Å². The van der Waals surface area contributed by atoms with Crippen molar-refractivity contribution in [2.45, 2.75) is 316 Å². The predicted octanol–water partition coefficient (Wildman–Crippen LogP) is 21.0. The molecule has 0 rings (SSSR count). The van der Waals surface area contributed by atoms with Crippen LogP contribution in [0.15, 0.2) is 109 Å². The Morgan fingerprint density at radius 2 is 0.573 bits per heavy atom. The third kappa shape index (κ3) is 68.3. The van der Waals surface area contributed by atoms with E-state index in [1.807, 2.05) is 18.2 Å². The quantitative estimate of drug-likeness (QED) is 0.0169. The van der Waals surface area contributed by atoms with Crippen molar-refractivity contribution in [1.82, 2.24) is 0 Å². The molecule has 0 fully saturated rings. The number of hydrogen-bond donors (Lipinski definition) is 3. The molecule has 552 valence electrons. The van der Waals surface area contributed by atoms with Crippen molar-refractivity contribution in [2.75, 3.05) is 39.6 Å². The molecule has 0 aliphatic heterocycles. The topological polar surface area (TPSA) is 237 Å². The normalized spacial score (nSPS) is 14.6. The second-order valence-electron chi connectivity index (χ2n) is 24.5. The summed E-state index contributed by atoms with van der Waals surface area (Å²) in [5.41, 5.74) is 0. The molecule has 0 aromatic rings. The molecule has 0 saturated carbocycles. The van der Waals surface area contributed by atoms with Gasteiger partial charge >= 0.3 is 39.5 Å². The minimum atomic E-state index is -4.99. The highest BCUT2D eigenvalue weighted by Gasteiger charge is 2.30. The molecule has 0 radical (unpaired) electrons. The lowest BCUT2D eigenvalue weighted by molar-refractivity contribution is -0.161. The number of aliphatic hydroxyl groups is 1. The van der Waals surface area contributed by atoms with E-state index in [0.717, 1.165) is 148 Å². The molecular weight excluding hydrogens is 1260 g/mol. The van der Waals surface area contributed by atoms with Gasteiger partial charge in [-0.2, -0.15) is 0 Å². The first kappa shape index (κ1) is 91.7. The summed E-state index contributed by atoms with van der Waals surface area (Å²) < 4.78 is 68.2. The van der Waals surface area contributed by atoms with Gasteiger partial charge in [-0.05, 0) is 128 Å². The first-order valence-corrected chi connectivity index (χ1v) is 40.1. The molecule has 3 N–H and O–H groups in total. The number of hydrogen-bond acceptors (Lipinski definition) is 15. The van der Waals surface area contributed by atoms with Crippen molar-refractivity contribution in [3.05, 3.63) is 109 Å².